The number of thioether (sulfide) groups is 1. The molecule has 0 spiro atoms. The largest absolute Gasteiger partial charge is 0.495 e. The van der Waals surface area contributed by atoms with E-state index in [1.165, 1.54) is 23.9 Å². The van der Waals surface area contributed by atoms with Crippen molar-refractivity contribution in [1.82, 2.24) is 24.7 Å². The van der Waals surface area contributed by atoms with Crippen molar-refractivity contribution in [2.24, 2.45) is 0 Å². The minimum Gasteiger partial charge on any atom is -0.495 e. The molecule has 160 valence electrons. The summed E-state index contributed by atoms with van der Waals surface area (Å²) in [4.78, 5) is 20.4. The number of hydrogen-bond acceptors (Lipinski definition) is 7. The number of aromatic amines is 1. The minimum absolute atomic E-state index is 0.0531. The number of nitrogens with one attached hydrogen (secondary N) is 1. The predicted octanol–water partition coefficient (Wildman–Crippen LogP) is 4.67. The van der Waals surface area contributed by atoms with Gasteiger partial charge in [-0.1, -0.05) is 36.0 Å². The summed E-state index contributed by atoms with van der Waals surface area (Å²) >= 11 is 2.89. The first-order valence-corrected chi connectivity index (χ1v) is 11.4. The Kier molecular flexibility index (Phi) is 5.46. The fraction of sp³-hybridized carbons (Fsp3) is 0.0909. The van der Waals surface area contributed by atoms with E-state index in [1.807, 2.05) is 46.3 Å². The molecule has 32 heavy (non-hydrogen) atoms. The van der Waals surface area contributed by atoms with Crippen molar-refractivity contribution in [3.8, 4) is 22.1 Å². The molecule has 0 aliphatic carbocycles. The van der Waals surface area contributed by atoms with Crippen LogP contribution in [0.25, 0.3) is 27.3 Å². The summed E-state index contributed by atoms with van der Waals surface area (Å²) in [5.41, 5.74) is 0.463. The van der Waals surface area contributed by atoms with Crippen molar-refractivity contribution in [2.45, 2.75) is 10.9 Å². The first kappa shape index (κ1) is 20.4. The zero-order valence-corrected chi connectivity index (χ0v) is 18.4. The highest BCUT2D eigenvalue weighted by Gasteiger charge is 2.20. The van der Waals surface area contributed by atoms with Crippen LogP contribution in [-0.4, -0.2) is 31.8 Å². The number of aromatic nitrogens is 5. The molecule has 3 heterocycles. The Bertz CT molecular complexity index is 1460. The monoisotopic (exact) mass is 465 g/mol. The molecule has 5 aromatic rings. The zero-order chi connectivity index (χ0) is 22.1. The van der Waals surface area contributed by atoms with Crippen LogP contribution in [0.15, 0.2) is 69.9 Å². The Morgan fingerprint density at radius 3 is 2.81 bits per heavy atom. The van der Waals surface area contributed by atoms with E-state index in [4.69, 9.17) is 4.74 Å². The van der Waals surface area contributed by atoms with Crippen molar-refractivity contribution in [1.29, 1.82) is 0 Å². The quantitative estimate of drug-likeness (QED) is 0.367. The summed E-state index contributed by atoms with van der Waals surface area (Å²) in [6.07, 6.45) is 0. The molecular weight excluding hydrogens is 449 g/mol. The van der Waals surface area contributed by atoms with E-state index in [1.54, 1.807) is 24.5 Å². The second kappa shape index (κ2) is 8.56. The summed E-state index contributed by atoms with van der Waals surface area (Å²) in [5, 5.41) is 11.6. The van der Waals surface area contributed by atoms with E-state index in [9.17, 15) is 9.18 Å². The maximum atomic E-state index is 14.2. The number of nitrogens with zero attached hydrogens (tertiary/aromatic N) is 4. The first-order valence-electron chi connectivity index (χ1n) is 9.58. The lowest BCUT2D eigenvalue weighted by molar-refractivity contribution is 0.412. The molecule has 0 unspecified atom stereocenters. The van der Waals surface area contributed by atoms with Crippen molar-refractivity contribution in [3.05, 3.63) is 82.0 Å². The predicted molar refractivity (Wildman–Crippen MR) is 123 cm³/mol. The fourth-order valence-corrected chi connectivity index (χ4v) is 4.85. The molecule has 0 atom stereocenters. The molecule has 0 amide bonds. The lowest BCUT2D eigenvalue weighted by Gasteiger charge is -2.13. The molecule has 5 rings (SSSR count). The van der Waals surface area contributed by atoms with Crippen molar-refractivity contribution >= 4 is 34.0 Å². The van der Waals surface area contributed by atoms with Gasteiger partial charge in [-0.3, -0.25) is 9.36 Å². The van der Waals surface area contributed by atoms with Gasteiger partial charge < -0.3 is 9.72 Å². The smallest absolute Gasteiger partial charge is 0.258 e. The lowest BCUT2D eigenvalue weighted by Crippen LogP contribution is -2.12. The summed E-state index contributed by atoms with van der Waals surface area (Å²) in [5.74, 6) is 1.45. The number of thiophene rings is 1. The average molecular weight is 466 g/mol. The van der Waals surface area contributed by atoms with Crippen LogP contribution in [0.4, 0.5) is 4.39 Å². The highest BCUT2D eigenvalue weighted by molar-refractivity contribution is 7.98. The number of methoxy groups -OCH3 is 1. The van der Waals surface area contributed by atoms with Gasteiger partial charge in [0.25, 0.3) is 5.56 Å². The zero-order valence-electron chi connectivity index (χ0n) is 16.8. The van der Waals surface area contributed by atoms with Gasteiger partial charge in [-0.15, -0.1) is 21.5 Å². The Morgan fingerprint density at radius 2 is 2.00 bits per heavy atom. The van der Waals surface area contributed by atoms with E-state index in [-0.39, 0.29) is 22.2 Å². The summed E-state index contributed by atoms with van der Waals surface area (Å²) < 4.78 is 21.6. The van der Waals surface area contributed by atoms with Gasteiger partial charge in [-0.25, -0.2) is 9.37 Å². The molecule has 10 heteroatoms. The molecule has 0 saturated carbocycles. The highest BCUT2D eigenvalue weighted by atomic mass is 32.2. The average Bonchev–Trinajstić information content (AvgIpc) is 3.48. The molecular formula is C22H16FN5O2S2. The number of halogens is 1. The molecule has 3 aromatic heterocycles. The third-order valence-electron chi connectivity index (χ3n) is 4.77. The second-order valence-corrected chi connectivity index (χ2v) is 8.62. The van der Waals surface area contributed by atoms with Crippen LogP contribution in [0.3, 0.4) is 0 Å². The number of rotatable bonds is 6. The topological polar surface area (TPSA) is 85.7 Å². The normalized spacial score (nSPS) is 11.2. The van der Waals surface area contributed by atoms with Crippen molar-refractivity contribution in [2.75, 3.05) is 7.11 Å². The van der Waals surface area contributed by atoms with Crippen LogP contribution < -0.4 is 10.3 Å². The number of para-hydroxylation sites is 3. The second-order valence-electron chi connectivity index (χ2n) is 6.73. The third-order valence-corrected chi connectivity index (χ3v) is 6.58. The van der Waals surface area contributed by atoms with Gasteiger partial charge in [-0.05, 0) is 35.7 Å². The number of fused-ring (bicyclic) bond motifs is 1. The molecule has 0 bridgehead atoms. The SMILES string of the molecule is COc1ccccc1-n1c(SCc2nc3c(F)cccc3c(=O)[nH]2)nnc1-c1cccs1. The highest BCUT2D eigenvalue weighted by Crippen LogP contribution is 2.34. The molecule has 1 N–H and O–H groups in total. The van der Waals surface area contributed by atoms with E-state index in [0.717, 1.165) is 10.6 Å². The number of benzene rings is 2. The van der Waals surface area contributed by atoms with E-state index in [2.05, 4.69) is 20.2 Å². The van der Waals surface area contributed by atoms with E-state index >= 15 is 0 Å². The molecule has 0 radical (unpaired) electrons. The van der Waals surface area contributed by atoms with Gasteiger partial charge in [-0.2, -0.15) is 0 Å². The van der Waals surface area contributed by atoms with Gasteiger partial charge in [0.2, 0.25) is 0 Å². The standard InChI is InChI=1S/C22H16FN5O2S2/c1-30-16-9-3-2-8-15(16)28-20(17-10-5-11-31-17)26-27-22(28)32-12-18-24-19-13(21(29)25-18)6-4-7-14(19)23/h2-11H,12H2,1H3,(H,24,25,29). The fourth-order valence-electron chi connectivity index (χ4n) is 3.34. The molecule has 0 fully saturated rings. The van der Waals surface area contributed by atoms with Gasteiger partial charge >= 0.3 is 0 Å². The van der Waals surface area contributed by atoms with Crippen LogP contribution in [0.5, 0.6) is 5.75 Å². The third kappa shape index (κ3) is 3.67. The van der Waals surface area contributed by atoms with Crippen LogP contribution in [0.1, 0.15) is 5.82 Å². The van der Waals surface area contributed by atoms with Gasteiger partial charge in [0.15, 0.2) is 11.0 Å². The van der Waals surface area contributed by atoms with Crippen LogP contribution in [0.2, 0.25) is 0 Å². The Labute approximate surface area is 189 Å². The maximum absolute atomic E-state index is 14.2. The summed E-state index contributed by atoms with van der Waals surface area (Å²) in [6.45, 7) is 0. The van der Waals surface area contributed by atoms with E-state index in [0.29, 0.717) is 22.6 Å². The summed E-state index contributed by atoms with van der Waals surface area (Å²) in [6, 6.07) is 15.8. The Hall–Kier alpha value is -3.50. The van der Waals surface area contributed by atoms with Crippen molar-refractivity contribution in [3.63, 3.8) is 0 Å². The minimum atomic E-state index is -0.531. The number of H-pyrrole nitrogens is 1. The molecule has 2 aromatic carbocycles. The Balaban J connectivity index is 1.56. The number of hydrogen-bond donors (Lipinski definition) is 1. The van der Waals surface area contributed by atoms with Crippen LogP contribution in [-0.2, 0) is 5.75 Å². The number of ether oxygens (including phenoxy) is 1. The van der Waals surface area contributed by atoms with Crippen molar-refractivity contribution < 1.29 is 9.13 Å². The molecule has 7 nitrogen and oxygen atoms in total. The first-order chi connectivity index (χ1) is 15.7. The van der Waals surface area contributed by atoms with Crippen LogP contribution in [0, 0.1) is 5.82 Å². The molecule has 0 aliphatic heterocycles. The molecule has 0 saturated heterocycles. The lowest BCUT2D eigenvalue weighted by atomic mass is 10.2. The maximum Gasteiger partial charge on any atom is 0.258 e. The summed E-state index contributed by atoms with van der Waals surface area (Å²) in [7, 11) is 1.61. The van der Waals surface area contributed by atoms with Gasteiger partial charge in [0.1, 0.15) is 22.9 Å². The van der Waals surface area contributed by atoms with Crippen LogP contribution >= 0.6 is 23.1 Å². The molecule has 0 aliphatic rings. The van der Waals surface area contributed by atoms with E-state index < -0.39 is 5.82 Å². The van der Waals surface area contributed by atoms with Gasteiger partial charge in [0, 0.05) is 0 Å². The van der Waals surface area contributed by atoms with Gasteiger partial charge in [0.05, 0.1) is 28.8 Å². The Morgan fingerprint density at radius 1 is 1.12 bits per heavy atom.